The molecule has 1 amide bonds. The summed E-state index contributed by atoms with van der Waals surface area (Å²) in [6.07, 6.45) is 1.47. The standard InChI is InChI=1S/C25H32N4O3/c1-18(2)10-11-26-25(30)22-15-20-14-21(29(31)32)8-9-23(20)28-13-12-27(17-24(22)28)16-19-6-4-3-5-7-19/h3-9,14,18,22,24H,10-13,15-17H2,1-2H3,(H,26,30)/t22-,24+/m1/s1. The summed E-state index contributed by atoms with van der Waals surface area (Å²) in [5.74, 6) is 0.354. The van der Waals surface area contributed by atoms with E-state index < -0.39 is 0 Å². The average molecular weight is 437 g/mol. The molecule has 1 fully saturated rings. The van der Waals surface area contributed by atoms with Crippen molar-refractivity contribution in [3.8, 4) is 0 Å². The Morgan fingerprint density at radius 1 is 1.19 bits per heavy atom. The first kappa shape index (κ1) is 22.3. The van der Waals surface area contributed by atoms with Gasteiger partial charge in [0.05, 0.1) is 16.9 Å². The van der Waals surface area contributed by atoms with Gasteiger partial charge in [0.1, 0.15) is 0 Å². The Morgan fingerprint density at radius 3 is 2.69 bits per heavy atom. The predicted molar refractivity (Wildman–Crippen MR) is 126 cm³/mol. The van der Waals surface area contributed by atoms with Crippen molar-refractivity contribution >= 4 is 17.3 Å². The molecule has 0 radical (unpaired) electrons. The molecule has 0 bridgehead atoms. The number of nitro groups is 1. The molecule has 7 nitrogen and oxygen atoms in total. The van der Waals surface area contributed by atoms with Crippen LogP contribution in [0.2, 0.25) is 0 Å². The van der Waals surface area contributed by atoms with Crippen molar-refractivity contribution in [2.45, 2.75) is 39.3 Å². The Labute approximate surface area is 189 Å². The maximum Gasteiger partial charge on any atom is 0.269 e. The van der Waals surface area contributed by atoms with Crippen LogP contribution in [-0.4, -0.2) is 48.0 Å². The summed E-state index contributed by atoms with van der Waals surface area (Å²) in [7, 11) is 0. The smallest absolute Gasteiger partial charge is 0.269 e. The second-order valence-corrected chi connectivity index (χ2v) is 9.34. The number of non-ortho nitro benzene ring substituents is 1. The molecule has 4 rings (SSSR count). The lowest BCUT2D eigenvalue weighted by atomic mass is 9.83. The van der Waals surface area contributed by atoms with Gasteiger partial charge in [0.25, 0.3) is 5.69 Å². The highest BCUT2D eigenvalue weighted by molar-refractivity contribution is 5.82. The fraction of sp³-hybridized carbons (Fsp3) is 0.480. The summed E-state index contributed by atoms with van der Waals surface area (Å²) < 4.78 is 0. The van der Waals surface area contributed by atoms with Gasteiger partial charge in [0.2, 0.25) is 5.91 Å². The van der Waals surface area contributed by atoms with Gasteiger partial charge in [-0.3, -0.25) is 19.8 Å². The van der Waals surface area contributed by atoms with Crippen molar-refractivity contribution in [3.05, 3.63) is 69.8 Å². The molecule has 32 heavy (non-hydrogen) atoms. The second-order valence-electron chi connectivity index (χ2n) is 9.34. The first-order chi connectivity index (χ1) is 15.4. The van der Waals surface area contributed by atoms with Gasteiger partial charge in [0.15, 0.2) is 0 Å². The van der Waals surface area contributed by atoms with E-state index in [0.29, 0.717) is 18.9 Å². The Hall–Kier alpha value is -2.93. The average Bonchev–Trinajstić information content (AvgIpc) is 2.78. The number of amides is 1. The Morgan fingerprint density at radius 2 is 1.97 bits per heavy atom. The number of hydrogen-bond donors (Lipinski definition) is 1. The van der Waals surface area contributed by atoms with E-state index in [9.17, 15) is 14.9 Å². The van der Waals surface area contributed by atoms with Crippen LogP contribution < -0.4 is 10.2 Å². The van der Waals surface area contributed by atoms with E-state index >= 15 is 0 Å². The van der Waals surface area contributed by atoms with Crippen LogP contribution in [0.25, 0.3) is 0 Å². The number of nitro benzene ring substituents is 1. The highest BCUT2D eigenvalue weighted by Crippen LogP contribution is 2.38. The third-order valence-corrected chi connectivity index (χ3v) is 6.60. The molecule has 2 aromatic rings. The molecular formula is C25H32N4O3. The van der Waals surface area contributed by atoms with Gasteiger partial charge in [-0.25, -0.2) is 0 Å². The minimum absolute atomic E-state index is 0.0550. The molecule has 2 atom stereocenters. The van der Waals surface area contributed by atoms with E-state index in [2.05, 4.69) is 53.2 Å². The number of fused-ring (bicyclic) bond motifs is 3. The number of nitrogens with one attached hydrogen (secondary N) is 1. The van der Waals surface area contributed by atoms with Crippen molar-refractivity contribution in [2.75, 3.05) is 31.1 Å². The topological polar surface area (TPSA) is 78.7 Å². The van der Waals surface area contributed by atoms with Crippen LogP contribution in [-0.2, 0) is 17.8 Å². The molecule has 1 N–H and O–H groups in total. The van der Waals surface area contributed by atoms with Gasteiger partial charge in [-0.1, -0.05) is 44.2 Å². The summed E-state index contributed by atoms with van der Waals surface area (Å²) in [5.41, 5.74) is 3.29. The second kappa shape index (κ2) is 9.69. The Balaban J connectivity index is 1.57. The molecule has 2 aliphatic rings. The van der Waals surface area contributed by atoms with Gasteiger partial charge in [-0.05, 0) is 36.0 Å². The van der Waals surface area contributed by atoms with Crippen molar-refractivity contribution in [2.24, 2.45) is 11.8 Å². The van der Waals surface area contributed by atoms with Crippen LogP contribution in [0.1, 0.15) is 31.4 Å². The van der Waals surface area contributed by atoms with Gasteiger partial charge < -0.3 is 10.2 Å². The SMILES string of the molecule is CC(C)CCNC(=O)[C@@H]1Cc2cc([N+](=O)[O-])ccc2N2CCN(Cc3ccccc3)C[C@@H]12. The van der Waals surface area contributed by atoms with E-state index in [1.54, 1.807) is 12.1 Å². The molecule has 170 valence electrons. The van der Waals surface area contributed by atoms with Gasteiger partial charge >= 0.3 is 0 Å². The number of piperazine rings is 1. The van der Waals surface area contributed by atoms with E-state index in [1.807, 2.05) is 12.1 Å². The minimum atomic E-state index is -0.359. The normalized spacial score (nSPS) is 20.5. The maximum absolute atomic E-state index is 13.2. The van der Waals surface area contributed by atoms with Crippen LogP contribution in [0, 0.1) is 22.0 Å². The molecule has 1 saturated heterocycles. The molecular weight excluding hydrogens is 404 g/mol. The van der Waals surface area contributed by atoms with Gasteiger partial charge in [-0.2, -0.15) is 0 Å². The molecule has 0 spiro atoms. The molecule has 0 unspecified atom stereocenters. The number of hydrogen-bond acceptors (Lipinski definition) is 5. The zero-order chi connectivity index (χ0) is 22.7. The third-order valence-electron chi connectivity index (χ3n) is 6.60. The first-order valence-electron chi connectivity index (χ1n) is 11.5. The number of anilines is 1. The molecule has 7 heteroatoms. The van der Waals surface area contributed by atoms with Crippen LogP contribution in [0.15, 0.2) is 48.5 Å². The van der Waals surface area contributed by atoms with Crippen molar-refractivity contribution < 1.29 is 9.72 Å². The van der Waals surface area contributed by atoms with Gasteiger partial charge in [-0.15, -0.1) is 0 Å². The largest absolute Gasteiger partial charge is 0.365 e. The summed E-state index contributed by atoms with van der Waals surface area (Å²) in [5, 5.41) is 14.4. The maximum atomic E-state index is 13.2. The van der Waals surface area contributed by atoms with E-state index in [4.69, 9.17) is 0 Å². The van der Waals surface area contributed by atoms with Crippen molar-refractivity contribution in [1.82, 2.24) is 10.2 Å². The van der Waals surface area contributed by atoms with Crippen molar-refractivity contribution in [3.63, 3.8) is 0 Å². The fourth-order valence-corrected chi connectivity index (χ4v) is 4.88. The highest BCUT2D eigenvalue weighted by Gasteiger charge is 2.41. The van der Waals surface area contributed by atoms with E-state index in [0.717, 1.165) is 43.9 Å². The zero-order valence-corrected chi connectivity index (χ0v) is 18.9. The molecule has 0 aliphatic carbocycles. The quantitative estimate of drug-likeness (QED) is 0.530. The lowest BCUT2D eigenvalue weighted by Crippen LogP contribution is -2.60. The summed E-state index contributed by atoms with van der Waals surface area (Å²) in [4.78, 5) is 28.9. The Bertz CT molecular complexity index is 963. The number of nitrogens with zero attached hydrogens (tertiary/aromatic N) is 3. The summed E-state index contributed by atoms with van der Waals surface area (Å²) >= 11 is 0. The summed E-state index contributed by atoms with van der Waals surface area (Å²) in [6.45, 7) is 8.31. The van der Waals surface area contributed by atoms with E-state index in [-0.39, 0.29) is 28.5 Å². The van der Waals surface area contributed by atoms with E-state index in [1.165, 1.54) is 5.56 Å². The van der Waals surface area contributed by atoms with Gasteiger partial charge in [0, 0.05) is 50.5 Å². The highest BCUT2D eigenvalue weighted by atomic mass is 16.6. The Kier molecular flexibility index (Phi) is 6.74. The minimum Gasteiger partial charge on any atom is -0.365 e. The fourth-order valence-electron chi connectivity index (χ4n) is 4.88. The third kappa shape index (κ3) is 4.93. The molecule has 0 aromatic heterocycles. The summed E-state index contributed by atoms with van der Waals surface area (Å²) in [6, 6.07) is 15.6. The lowest BCUT2D eigenvalue weighted by Gasteiger charge is -2.49. The number of rotatable bonds is 7. The number of benzene rings is 2. The first-order valence-corrected chi connectivity index (χ1v) is 11.5. The lowest BCUT2D eigenvalue weighted by molar-refractivity contribution is -0.384. The molecule has 2 aromatic carbocycles. The zero-order valence-electron chi connectivity index (χ0n) is 18.9. The predicted octanol–water partition coefficient (Wildman–Crippen LogP) is 3.62. The van der Waals surface area contributed by atoms with Crippen LogP contribution in [0.4, 0.5) is 11.4 Å². The van der Waals surface area contributed by atoms with Crippen LogP contribution >= 0.6 is 0 Å². The number of carbonyl (C=O) groups excluding carboxylic acids is 1. The molecule has 0 saturated carbocycles. The van der Waals surface area contributed by atoms with Crippen LogP contribution in [0.3, 0.4) is 0 Å². The van der Waals surface area contributed by atoms with Crippen LogP contribution in [0.5, 0.6) is 0 Å². The molecule has 2 aliphatic heterocycles. The monoisotopic (exact) mass is 436 g/mol. The molecule has 2 heterocycles. The van der Waals surface area contributed by atoms with Crippen molar-refractivity contribution in [1.29, 1.82) is 0 Å². The number of carbonyl (C=O) groups is 1.